The van der Waals surface area contributed by atoms with Crippen molar-refractivity contribution in [1.82, 2.24) is 34.7 Å². The lowest BCUT2D eigenvalue weighted by molar-refractivity contribution is 0.679. The van der Waals surface area contributed by atoms with Crippen LogP contribution in [0, 0.1) is 0 Å². The van der Waals surface area contributed by atoms with Crippen LogP contribution in [0.25, 0.3) is 28.2 Å². The summed E-state index contributed by atoms with van der Waals surface area (Å²) in [6, 6.07) is 17.7. The van der Waals surface area contributed by atoms with Gasteiger partial charge in [-0.2, -0.15) is 0 Å². The van der Waals surface area contributed by atoms with E-state index in [-0.39, 0.29) is 5.69 Å². The molecule has 0 bridgehead atoms. The zero-order valence-electron chi connectivity index (χ0n) is 20.9. The molecule has 0 aliphatic heterocycles. The Balaban J connectivity index is 1.49. The highest BCUT2D eigenvalue weighted by Gasteiger charge is 2.18. The zero-order valence-corrected chi connectivity index (χ0v) is 21.6. The highest BCUT2D eigenvalue weighted by atomic mass is 35.5. The molecule has 5 aromatic rings. The van der Waals surface area contributed by atoms with Gasteiger partial charge in [0.25, 0.3) is 0 Å². The fraction of sp³-hybridized carbons (Fsp3) is 0.250. The average molecular weight is 514 g/mol. The topological polar surface area (TPSA) is 94.3 Å². The van der Waals surface area contributed by atoms with Gasteiger partial charge >= 0.3 is 5.69 Å². The number of rotatable bonds is 9. The van der Waals surface area contributed by atoms with Crippen LogP contribution in [-0.2, 0) is 19.4 Å². The number of halogens is 1. The molecule has 0 aliphatic rings. The van der Waals surface area contributed by atoms with Crippen LogP contribution in [0.5, 0.6) is 0 Å². The second kappa shape index (κ2) is 10.9. The number of pyridine rings is 1. The summed E-state index contributed by atoms with van der Waals surface area (Å²) in [6.45, 7) is 4.61. The first-order valence-corrected chi connectivity index (χ1v) is 12.9. The van der Waals surface area contributed by atoms with E-state index < -0.39 is 0 Å². The zero-order chi connectivity index (χ0) is 25.8. The Hall–Kier alpha value is -4.04. The molecule has 0 fully saturated rings. The molecule has 2 aromatic carbocycles. The third-order valence-corrected chi connectivity index (χ3v) is 6.69. The van der Waals surface area contributed by atoms with E-state index in [9.17, 15) is 4.79 Å². The molecule has 0 unspecified atom stereocenters. The van der Waals surface area contributed by atoms with Crippen LogP contribution in [0.1, 0.15) is 43.6 Å². The Morgan fingerprint density at radius 1 is 0.946 bits per heavy atom. The van der Waals surface area contributed by atoms with E-state index in [1.54, 1.807) is 9.13 Å². The molecule has 0 saturated heterocycles. The summed E-state index contributed by atoms with van der Waals surface area (Å²) in [5, 5.41) is 14.8. The predicted molar refractivity (Wildman–Crippen MR) is 145 cm³/mol. The van der Waals surface area contributed by atoms with Crippen molar-refractivity contribution in [1.29, 1.82) is 0 Å². The van der Waals surface area contributed by atoms with Crippen molar-refractivity contribution in [2.75, 3.05) is 0 Å². The number of benzene rings is 2. The summed E-state index contributed by atoms with van der Waals surface area (Å²) in [5.41, 5.74) is 6.30. The Labute approximate surface area is 220 Å². The fourth-order valence-corrected chi connectivity index (χ4v) is 4.95. The van der Waals surface area contributed by atoms with Gasteiger partial charge in [-0.15, -0.1) is 5.10 Å². The quantitative estimate of drug-likeness (QED) is 0.281. The minimum atomic E-state index is -0.108. The van der Waals surface area contributed by atoms with Gasteiger partial charge in [-0.25, -0.2) is 9.89 Å². The summed E-state index contributed by atoms with van der Waals surface area (Å²) in [5.74, 6) is 0.596. The number of nitrogens with zero attached hydrogens (tertiary/aromatic N) is 6. The van der Waals surface area contributed by atoms with Crippen molar-refractivity contribution in [2.45, 2.75) is 46.1 Å². The summed E-state index contributed by atoms with van der Waals surface area (Å²) in [6.07, 6.45) is 7.29. The third-order valence-electron chi connectivity index (χ3n) is 6.38. The molecule has 37 heavy (non-hydrogen) atoms. The summed E-state index contributed by atoms with van der Waals surface area (Å²) in [4.78, 5) is 18.4. The lowest BCUT2D eigenvalue weighted by Gasteiger charge is -2.11. The van der Waals surface area contributed by atoms with Gasteiger partial charge in [0.05, 0.1) is 22.9 Å². The van der Waals surface area contributed by atoms with Crippen molar-refractivity contribution < 1.29 is 0 Å². The molecule has 8 nitrogen and oxygen atoms in total. The standard InChI is InChI=1S/C28H28ClN7O/c1-3-8-19-10-7-13-25(29)26(19)36-18-22(9-4-2)35(28(36)37)17-21-15-14-20(16-30-21)23-11-5-6-12-24(23)27-31-33-34-32-27/h5-7,10-16,18H,3-4,8-9,17H2,1-2H3,(H,31,32,33,34). The van der Waals surface area contributed by atoms with Crippen LogP contribution < -0.4 is 5.69 Å². The molecular formula is C28H28ClN7O. The van der Waals surface area contributed by atoms with E-state index in [1.165, 1.54) is 0 Å². The second-order valence-corrected chi connectivity index (χ2v) is 9.35. The lowest BCUT2D eigenvalue weighted by atomic mass is 10.0. The molecule has 9 heteroatoms. The summed E-state index contributed by atoms with van der Waals surface area (Å²) < 4.78 is 3.51. The fourth-order valence-electron chi connectivity index (χ4n) is 4.67. The maximum absolute atomic E-state index is 13.7. The first-order valence-electron chi connectivity index (χ1n) is 12.5. The normalized spacial score (nSPS) is 11.2. The molecule has 188 valence electrons. The van der Waals surface area contributed by atoms with Crippen LogP contribution in [0.2, 0.25) is 5.02 Å². The average Bonchev–Trinajstić information content (AvgIpc) is 3.55. The molecule has 0 spiro atoms. The van der Waals surface area contributed by atoms with E-state index in [4.69, 9.17) is 16.6 Å². The van der Waals surface area contributed by atoms with Gasteiger partial charge < -0.3 is 0 Å². The lowest BCUT2D eigenvalue weighted by Crippen LogP contribution is -2.25. The van der Waals surface area contributed by atoms with Crippen molar-refractivity contribution in [3.05, 3.63) is 99.4 Å². The van der Waals surface area contributed by atoms with Crippen LogP contribution in [0.3, 0.4) is 0 Å². The third kappa shape index (κ3) is 4.97. The molecule has 5 rings (SSSR count). The van der Waals surface area contributed by atoms with Crippen molar-refractivity contribution >= 4 is 11.6 Å². The number of para-hydroxylation sites is 1. The van der Waals surface area contributed by atoms with Gasteiger partial charge in [-0.05, 0) is 46.5 Å². The number of aryl methyl sites for hydroxylation is 2. The summed E-state index contributed by atoms with van der Waals surface area (Å²) >= 11 is 6.60. The Morgan fingerprint density at radius 3 is 2.46 bits per heavy atom. The van der Waals surface area contributed by atoms with E-state index >= 15 is 0 Å². The van der Waals surface area contributed by atoms with Gasteiger partial charge in [0.1, 0.15) is 0 Å². The second-order valence-electron chi connectivity index (χ2n) is 8.94. The maximum atomic E-state index is 13.7. The van der Waals surface area contributed by atoms with E-state index in [1.807, 2.05) is 67.0 Å². The number of H-pyrrole nitrogens is 1. The SMILES string of the molecule is CCCc1cccc(Cl)c1-n1cc(CCC)n(Cc2ccc(-c3ccccc3-c3nnn[nH]3)cn2)c1=O. The largest absolute Gasteiger partial charge is 0.333 e. The highest BCUT2D eigenvalue weighted by molar-refractivity contribution is 6.32. The first kappa shape index (κ1) is 24.6. The Morgan fingerprint density at radius 2 is 1.76 bits per heavy atom. The number of hydrogen-bond acceptors (Lipinski definition) is 5. The molecule has 3 heterocycles. The monoisotopic (exact) mass is 513 g/mol. The summed E-state index contributed by atoms with van der Waals surface area (Å²) in [7, 11) is 0. The number of imidazole rings is 1. The molecule has 1 N–H and O–H groups in total. The van der Waals surface area contributed by atoms with Gasteiger partial charge in [0, 0.05) is 29.2 Å². The molecule has 3 aromatic heterocycles. The van der Waals surface area contributed by atoms with Crippen LogP contribution in [-0.4, -0.2) is 34.7 Å². The smallest absolute Gasteiger partial charge is 0.290 e. The van der Waals surface area contributed by atoms with Gasteiger partial charge in [0.2, 0.25) is 0 Å². The number of aromatic amines is 1. The van der Waals surface area contributed by atoms with Crippen molar-refractivity contribution in [2.24, 2.45) is 0 Å². The Bertz CT molecular complexity index is 1550. The van der Waals surface area contributed by atoms with Gasteiger partial charge in [-0.1, -0.05) is 80.8 Å². The predicted octanol–water partition coefficient (Wildman–Crippen LogP) is 5.49. The number of aromatic nitrogens is 7. The van der Waals surface area contributed by atoms with Crippen LogP contribution in [0.4, 0.5) is 0 Å². The van der Waals surface area contributed by atoms with Gasteiger partial charge in [-0.3, -0.25) is 14.1 Å². The Kier molecular flexibility index (Phi) is 7.28. The molecule has 0 amide bonds. The maximum Gasteiger partial charge on any atom is 0.333 e. The van der Waals surface area contributed by atoms with Crippen LogP contribution in [0.15, 0.2) is 71.8 Å². The minimum absolute atomic E-state index is 0.108. The van der Waals surface area contributed by atoms with E-state index in [0.717, 1.165) is 65.0 Å². The molecule has 0 radical (unpaired) electrons. The molecule has 0 atom stereocenters. The molecule has 0 saturated carbocycles. The first-order chi connectivity index (χ1) is 18.1. The molecular weight excluding hydrogens is 486 g/mol. The van der Waals surface area contributed by atoms with Crippen LogP contribution >= 0.6 is 11.6 Å². The molecule has 0 aliphatic carbocycles. The van der Waals surface area contributed by atoms with E-state index in [0.29, 0.717) is 17.4 Å². The van der Waals surface area contributed by atoms with Gasteiger partial charge in [0.15, 0.2) is 5.82 Å². The van der Waals surface area contributed by atoms with Crippen molar-refractivity contribution in [3.8, 4) is 28.2 Å². The minimum Gasteiger partial charge on any atom is -0.290 e. The number of tetrazole rings is 1. The van der Waals surface area contributed by atoms with Crippen molar-refractivity contribution in [3.63, 3.8) is 0 Å². The van der Waals surface area contributed by atoms with E-state index in [2.05, 4.69) is 34.5 Å². The number of hydrogen-bond donors (Lipinski definition) is 1. The number of nitrogens with one attached hydrogen (secondary N) is 1. The highest BCUT2D eigenvalue weighted by Crippen LogP contribution is 2.29.